The Hall–Kier alpha value is -2.87. The van der Waals surface area contributed by atoms with E-state index < -0.39 is 11.4 Å². The zero-order valence-electron chi connectivity index (χ0n) is 22.7. The Morgan fingerprint density at radius 3 is 2.65 bits per heavy atom. The lowest BCUT2D eigenvalue weighted by atomic mass is 9.65. The minimum absolute atomic E-state index is 0.247. The minimum atomic E-state index is -0.660. The lowest BCUT2D eigenvalue weighted by Crippen LogP contribution is -2.58. The molecule has 1 aliphatic carbocycles. The van der Waals surface area contributed by atoms with Crippen molar-refractivity contribution in [3.63, 3.8) is 0 Å². The van der Waals surface area contributed by atoms with Gasteiger partial charge in [0.1, 0.15) is 5.82 Å². The summed E-state index contributed by atoms with van der Waals surface area (Å²) >= 11 is 12.6. The second-order valence-electron chi connectivity index (χ2n) is 11.9. The van der Waals surface area contributed by atoms with Gasteiger partial charge in [-0.25, -0.2) is 4.98 Å². The van der Waals surface area contributed by atoms with Crippen molar-refractivity contribution in [2.45, 2.75) is 44.7 Å². The number of aliphatic carboxylic acids is 1. The van der Waals surface area contributed by atoms with Gasteiger partial charge >= 0.3 is 5.97 Å². The molecule has 3 aliphatic rings. The first-order valence-electron chi connectivity index (χ1n) is 14.1. The highest BCUT2D eigenvalue weighted by molar-refractivity contribution is 6.35. The van der Waals surface area contributed by atoms with E-state index in [2.05, 4.69) is 21.7 Å². The first-order chi connectivity index (χ1) is 19.2. The van der Waals surface area contributed by atoms with Crippen LogP contribution in [0, 0.1) is 17.3 Å². The molecule has 2 atom stereocenters. The Morgan fingerprint density at radius 2 is 1.93 bits per heavy atom. The number of benzene rings is 2. The molecule has 9 heteroatoms. The summed E-state index contributed by atoms with van der Waals surface area (Å²) in [6.07, 6.45) is 5.75. The van der Waals surface area contributed by atoms with Crippen LogP contribution in [0.4, 0.5) is 11.8 Å². The summed E-state index contributed by atoms with van der Waals surface area (Å²) in [4.78, 5) is 26.3. The van der Waals surface area contributed by atoms with Gasteiger partial charge in [0, 0.05) is 41.1 Å². The van der Waals surface area contributed by atoms with E-state index in [1.165, 1.54) is 12.8 Å². The van der Waals surface area contributed by atoms with E-state index >= 15 is 0 Å². The standard InChI is InChI=1S/C31H35Cl2N5O2/c1-3-26(23-11-10-21(32)13-25(23)33)34-28-24-8-4-5-9-27(24)35-30(36-28)38-17-20(18-38)19-7-6-12-37(16-19)22-14-31(2,15-22)29(39)40/h3-5,8-11,13,19-20,22,26H,1,6-7,12,14-18H2,2H3,(H,39,40)(H,34,35,36)/t19-,22?,26+,31?/m0/s1. The molecule has 3 aromatic rings. The molecular formula is C31H35Cl2N5O2. The molecule has 40 heavy (non-hydrogen) atoms. The number of fused-ring (bicyclic) bond motifs is 1. The van der Waals surface area contributed by atoms with Gasteiger partial charge < -0.3 is 20.2 Å². The molecule has 3 fully saturated rings. The van der Waals surface area contributed by atoms with Gasteiger partial charge in [0.15, 0.2) is 0 Å². The summed E-state index contributed by atoms with van der Waals surface area (Å²) in [5, 5.41) is 15.2. The Morgan fingerprint density at radius 1 is 1.15 bits per heavy atom. The fourth-order valence-electron chi connectivity index (χ4n) is 6.62. The molecule has 6 rings (SSSR count). The first kappa shape index (κ1) is 27.3. The SMILES string of the molecule is C=C[C@@H](Nc1nc(N2CC([C@H]3CCCN(C4CC(C)(C(=O)O)C4)C3)C2)nc2ccccc12)c1ccc(Cl)cc1Cl. The molecule has 0 unspecified atom stereocenters. The topological polar surface area (TPSA) is 81.6 Å². The number of para-hydroxylation sites is 1. The molecule has 7 nitrogen and oxygen atoms in total. The molecule has 1 saturated carbocycles. The fraction of sp³-hybridized carbons (Fsp3) is 0.452. The van der Waals surface area contributed by atoms with Crippen molar-refractivity contribution in [3.05, 3.63) is 70.7 Å². The maximum atomic E-state index is 11.6. The third kappa shape index (κ3) is 5.15. The van der Waals surface area contributed by atoms with Crippen LogP contribution in [0.3, 0.4) is 0 Å². The molecule has 2 aliphatic heterocycles. The number of piperidine rings is 1. The Bertz CT molecular complexity index is 1440. The number of likely N-dealkylation sites (tertiary alicyclic amines) is 1. The largest absolute Gasteiger partial charge is 0.481 e. The quantitative estimate of drug-likeness (QED) is 0.288. The van der Waals surface area contributed by atoms with Gasteiger partial charge in [0.25, 0.3) is 0 Å². The van der Waals surface area contributed by atoms with Gasteiger partial charge in [-0.15, -0.1) is 6.58 Å². The van der Waals surface area contributed by atoms with E-state index in [1.807, 2.05) is 49.4 Å². The van der Waals surface area contributed by atoms with Gasteiger partial charge in [0.2, 0.25) is 5.95 Å². The molecule has 0 radical (unpaired) electrons. The smallest absolute Gasteiger partial charge is 0.309 e. The number of nitrogens with zero attached hydrogens (tertiary/aromatic N) is 4. The summed E-state index contributed by atoms with van der Waals surface area (Å²) in [6.45, 7) is 9.92. The van der Waals surface area contributed by atoms with Crippen LogP contribution in [0.2, 0.25) is 10.0 Å². The van der Waals surface area contributed by atoms with Crippen molar-refractivity contribution in [3.8, 4) is 0 Å². The number of aromatic nitrogens is 2. The van der Waals surface area contributed by atoms with Gasteiger partial charge in [-0.3, -0.25) is 4.79 Å². The van der Waals surface area contributed by atoms with E-state index in [0.717, 1.165) is 67.3 Å². The van der Waals surface area contributed by atoms with Crippen molar-refractivity contribution < 1.29 is 9.90 Å². The molecule has 210 valence electrons. The number of hydrogen-bond acceptors (Lipinski definition) is 6. The second kappa shape index (κ2) is 10.8. The maximum absolute atomic E-state index is 11.6. The van der Waals surface area contributed by atoms with E-state index in [0.29, 0.717) is 27.9 Å². The van der Waals surface area contributed by atoms with Crippen molar-refractivity contribution in [2.75, 3.05) is 36.4 Å². The lowest BCUT2D eigenvalue weighted by Gasteiger charge is -2.52. The number of nitrogens with one attached hydrogen (secondary N) is 1. The summed E-state index contributed by atoms with van der Waals surface area (Å²) in [6, 6.07) is 13.7. The minimum Gasteiger partial charge on any atom is -0.481 e. The number of halogens is 2. The van der Waals surface area contributed by atoms with Crippen molar-refractivity contribution in [2.24, 2.45) is 17.3 Å². The normalized spacial score (nSPS) is 26.1. The molecule has 0 spiro atoms. The number of carbonyl (C=O) groups is 1. The van der Waals surface area contributed by atoms with E-state index in [1.54, 1.807) is 6.07 Å². The van der Waals surface area contributed by atoms with Crippen LogP contribution >= 0.6 is 23.2 Å². The number of hydrogen-bond donors (Lipinski definition) is 2. The van der Waals surface area contributed by atoms with Gasteiger partial charge in [-0.2, -0.15) is 4.98 Å². The van der Waals surface area contributed by atoms with Crippen LogP contribution in [0.5, 0.6) is 0 Å². The highest BCUT2D eigenvalue weighted by Crippen LogP contribution is 2.45. The summed E-state index contributed by atoms with van der Waals surface area (Å²) < 4.78 is 0. The molecule has 2 N–H and O–H groups in total. The zero-order chi connectivity index (χ0) is 28.0. The van der Waals surface area contributed by atoms with Gasteiger partial charge in [-0.05, 0) is 80.8 Å². The molecular weight excluding hydrogens is 545 g/mol. The van der Waals surface area contributed by atoms with E-state index in [-0.39, 0.29) is 6.04 Å². The zero-order valence-corrected chi connectivity index (χ0v) is 24.2. The van der Waals surface area contributed by atoms with Crippen LogP contribution in [-0.4, -0.2) is 58.2 Å². The average Bonchev–Trinajstić information content (AvgIpc) is 2.89. The van der Waals surface area contributed by atoms with E-state index in [9.17, 15) is 9.90 Å². The average molecular weight is 581 g/mol. The predicted octanol–water partition coefficient (Wildman–Crippen LogP) is 6.68. The number of rotatable bonds is 8. The molecule has 2 saturated heterocycles. The predicted molar refractivity (Wildman–Crippen MR) is 161 cm³/mol. The summed E-state index contributed by atoms with van der Waals surface area (Å²) in [5.41, 5.74) is 1.22. The highest BCUT2D eigenvalue weighted by atomic mass is 35.5. The highest BCUT2D eigenvalue weighted by Gasteiger charge is 2.49. The van der Waals surface area contributed by atoms with Crippen LogP contribution in [0.15, 0.2) is 55.1 Å². The first-order valence-corrected chi connectivity index (χ1v) is 14.8. The second-order valence-corrected chi connectivity index (χ2v) is 12.7. The molecule has 1 aromatic heterocycles. The van der Waals surface area contributed by atoms with Crippen LogP contribution < -0.4 is 10.2 Å². The molecule has 0 bridgehead atoms. The number of carboxylic acids is 1. The fourth-order valence-corrected chi connectivity index (χ4v) is 7.15. The summed E-state index contributed by atoms with van der Waals surface area (Å²) in [5.74, 6) is 2.03. The number of anilines is 2. The van der Waals surface area contributed by atoms with Crippen molar-refractivity contribution >= 4 is 51.8 Å². The molecule has 3 heterocycles. The number of carboxylic acid groups (broad SMARTS) is 1. The van der Waals surface area contributed by atoms with Crippen molar-refractivity contribution in [1.82, 2.24) is 14.9 Å². The molecule has 2 aromatic carbocycles. The monoisotopic (exact) mass is 579 g/mol. The third-order valence-electron chi connectivity index (χ3n) is 9.17. The Balaban J connectivity index is 1.15. The van der Waals surface area contributed by atoms with Crippen LogP contribution in [0.1, 0.15) is 44.2 Å². The van der Waals surface area contributed by atoms with E-state index in [4.69, 9.17) is 33.2 Å². The van der Waals surface area contributed by atoms with Crippen molar-refractivity contribution in [1.29, 1.82) is 0 Å². The molecule has 0 amide bonds. The Kier molecular flexibility index (Phi) is 7.40. The van der Waals surface area contributed by atoms with Crippen LogP contribution in [-0.2, 0) is 4.79 Å². The van der Waals surface area contributed by atoms with Gasteiger partial charge in [-0.1, -0.05) is 47.5 Å². The Labute approximate surface area is 245 Å². The van der Waals surface area contributed by atoms with Gasteiger partial charge in [0.05, 0.1) is 17.0 Å². The summed E-state index contributed by atoms with van der Waals surface area (Å²) in [7, 11) is 0. The third-order valence-corrected chi connectivity index (χ3v) is 9.73. The maximum Gasteiger partial charge on any atom is 0.309 e. The van der Waals surface area contributed by atoms with Crippen LogP contribution in [0.25, 0.3) is 10.9 Å². The lowest BCUT2D eigenvalue weighted by molar-refractivity contribution is -0.158.